The first kappa shape index (κ1) is 55.7. The Hall–Kier alpha value is -2.33. The van der Waals surface area contributed by atoms with Crippen molar-refractivity contribution < 1.29 is 33.7 Å². The molecule has 0 aromatic rings. The van der Waals surface area contributed by atoms with Gasteiger partial charge in [-0.25, -0.2) is 4.79 Å². The van der Waals surface area contributed by atoms with Gasteiger partial charge in [0.1, 0.15) is 17.9 Å². The fourth-order valence-corrected chi connectivity index (χ4v) is 8.13. The molecule has 2 unspecified atom stereocenters. The highest BCUT2D eigenvalue weighted by Crippen LogP contribution is 2.21. The molecule has 1 aliphatic rings. The number of rotatable bonds is 44. The molecule has 0 aromatic carbocycles. The Morgan fingerprint density at radius 1 is 0.617 bits per heavy atom. The van der Waals surface area contributed by atoms with E-state index >= 15 is 0 Å². The van der Waals surface area contributed by atoms with Crippen molar-refractivity contribution in [1.29, 1.82) is 0 Å². The fourth-order valence-electron chi connectivity index (χ4n) is 8.13. The minimum Gasteiger partial charge on any atom is -0.462 e. The van der Waals surface area contributed by atoms with Crippen molar-refractivity contribution in [2.45, 2.75) is 251 Å². The van der Waals surface area contributed by atoms with E-state index in [0.717, 1.165) is 122 Å². The Morgan fingerprint density at radius 3 is 1.63 bits per heavy atom. The van der Waals surface area contributed by atoms with Crippen LogP contribution in [0, 0.1) is 0 Å². The van der Waals surface area contributed by atoms with Gasteiger partial charge in [0.2, 0.25) is 5.78 Å². The Balaban J connectivity index is 2.38. The Bertz CT molecular complexity index is 1070. The van der Waals surface area contributed by atoms with Gasteiger partial charge in [0.05, 0.1) is 12.3 Å². The smallest absolute Gasteiger partial charge is 0.462 e. The number of ether oxygens (including phenoxy) is 3. The number of hydrogen-bond donors (Lipinski definition) is 3. The van der Waals surface area contributed by atoms with Gasteiger partial charge in [-0.15, -0.1) is 0 Å². The summed E-state index contributed by atoms with van der Waals surface area (Å²) in [6.45, 7) is 12.8. The molecule has 0 heterocycles. The highest BCUT2D eigenvalue weighted by molar-refractivity contribution is 6.07. The highest BCUT2D eigenvalue weighted by atomic mass is 16.7. The van der Waals surface area contributed by atoms with Crippen LogP contribution >= 0.6 is 0 Å². The average Bonchev–Trinajstić information content (AvgIpc) is 3.23. The predicted octanol–water partition coefficient (Wildman–Crippen LogP) is 12.2. The first-order valence-corrected chi connectivity index (χ1v) is 25.4. The summed E-state index contributed by atoms with van der Waals surface area (Å²) in [6.07, 6.45) is 34.6. The number of Topliss-reactive ketones (excluding diaryl/α,β-unsaturated/α-hetero) is 1. The molecule has 0 amide bonds. The zero-order valence-electron chi connectivity index (χ0n) is 39.7. The van der Waals surface area contributed by atoms with E-state index in [1.807, 2.05) is 6.92 Å². The maximum absolute atomic E-state index is 12.9. The number of carbonyl (C=O) groups is 3. The van der Waals surface area contributed by atoms with E-state index in [-0.39, 0.29) is 24.0 Å². The van der Waals surface area contributed by atoms with E-state index in [9.17, 15) is 19.5 Å². The number of nitrogens with one attached hydrogen (secondary N) is 2. The van der Waals surface area contributed by atoms with Gasteiger partial charge in [-0.05, 0) is 97.2 Å². The van der Waals surface area contributed by atoms with Gasteiger partial charge in [0.25, 0.3) is 0 Å². The third kappa shape index (κ3) is 29.8. The number of aliphatic hydroxyl groups excluding tert-OH is 1. The average molecular weight is 850 g/mol. The van der Waals surface area contributed by atoms with Crippen LogP contribution in [-0.4, -0.2) is 86.1 Å². The van der Waals surface area contributed by atoms with E-state index in [1.54, 1.807) is 7.05 Å². The summed E-state index contributed by atoms with van der Waals surface area (Å²) in [5, 5.41) is 16.2. The SMILES string of the molecule is CCCCCCCCC(C)OC(=O)OCCCCCCN(CCCCCCCC(=O)OC(CCCCCCCC)CCCCCCCC)CCCNC1=C(NC)C(=O)C1O. The van der Waals surface area contributed by atoms with E-state index in [1.165, 1.54) is 96.3 Å². The molecule has 0 spiro atoms. The van der Waals surface area contributed by atoms with Crippen molar-refractivity contribution in [1.82, 2.24) is 15.5 Å². The molecule has 10 heteroatoms. The third-order valence-corrected chi connectivity index (χ3v) is 12.0. The van der Waals surface area contributed by atoms with Gasteiger partial charge in [-0.3, -0.25) is 9.59 Å². The molecule has 3 N–H and O–H groups in total. The third-order valence-electron chi connectivity index (χ3n) is 12.0. The first-order chi connectivity index (χ1) is 29.3. The van der Waals surface area contributed by atoms with Crippen LogP contribution in [0.3, 0.4) is 0 Å². The second-order valence-electron chi connectivity index (χ2n) is 17.7. The minimum atomic E-state index is -1.04. The summed E-state index contributed by atoms with van der Waals surface area (Å²) in [5.74, 6) is -0.261. The lowest BCUT2D eigenvalue weighted by molar-refractivity contribution is -0.150. The molecule has 0 radical (unpaired) electrons. The minimum absolute atomic E-state index is 0.00645. The zero-order valence-corrected chi connectivity index (χ0v) is 39.7. The predicted molar refractivity (Wildman–Crippen MR) is 248 cm³/mol. The van der Waals surface area contributed by atoms with Crippen LogP contribution in [0.25, 0.3) is 0 Å². The van der Waals surface area contributed by atoms with Gasteiger partial charge in [0, 0.05) is 20.0 Å². The fraction of sp³-hybridized carbons (Fsp3) is 0.900. The van der Waals surface area contributed by atoms with Gasteiger partial charge < -0.3 is 34.9 Å². The summed E-state index contributed by atoms with van der Waals surface area (Å²) in [5.41, 5.74) is 1.08. The number of esters is 1. The monoisotopic (exact) mass is 850 g/mol. The number of hydrogen-bond acceptors (Lipinski definition) is 10. The van der Waals surface area contributed by atoms with Gasteiger partial charge >= 0.3 is 12.1 Å². The van der Waals surface area contributed by atoms with Crippen LogP contribution in [0.5, 0.6) is 0 Å². The molecule has 1 rings (SSSR count). The maximum atomic E-state index is 12.9. The lowest BCUT2D eigenvalue weighted by atomic mass is 9.95. The summed E-state index contributed by atoms with van der Waals surface area (Å²) < 4.78 is 16.9. The molecular formula is C50H95N3O7. The van der Waals surface area contributed by atoms with Crippen molar-refractivity contribution in [2.75, 3.05) is 39.8 Å². The summed E-state index contributed by atoms with van der Waals surface area (Å²) >= 11 is 0. The standard InChI is InChI=1S/C50H95N3O7/c1-6-9-12-15-19-26-34-43(4)59-50(57)58-42-32-25-24-31-40-53(41-33-38-52-47-46(51-5)48(55)49(47)56)39-30-23-18-22-29-37-45(54)60-44(35-27-20-16-13-10-7-2)36-28-21-17-14-11-8-3/h43-44,49,51-52,56H,6-42H2,1-5H3. The van der Waals surface area contributed by atoms with E-state index in [0.29, 0.717) is 31.0 Å². The van der Waals surface area contributed by atoms with Crippen LogP contribution in [0.15, 0.2) is 11.4 Å². The molecule has 0 aromatic heterocycles. The van der Waals surface area contributed by atoms with E-state index in [2.05, 4.69) is 36.3 Å². The number of ketones is 1. The number of likely N-dealkylation sites (N-methyl/N-ethyl adjacent to an activating group) is 1. The molecule has 0 saturated heterocycles. The number of nitrogens with zero attached hydrogens (tertiary/aromatic N) is 1. The second kappa shape index (κ2) is 39.5. The van der Waals surface area contributed by atoms with E-state index in [4.69, 9.17) is 14.2 Å². The molecule has 2 atom stereocenters. The van der Waals surface area contributed by atoms with Crippen molar-refractivity contribution in [3.8, 4) is 0 Å². The Labute approximate surface area is 368 Å². The number of aliphatic hydroxyl groups is 1. The highest BCUT2D eigenvalue weighted by Gasteiger charge is 2.37. The molecule has 0 saturated carbocycles. The topological polar surface area (TPSA) is 126 Å². The van der Waals surface area contributed by atoms with Gasteiger partial charge in [0.15, 0.2) is 6.10 Å². The van der Waals surface area contributed by atoms with Crippen LogP contribution in [-0.2, 0) is 23.8 Å². The van der Waals surface area contributed by atoms with Gasteiger partial charge in [-0.2, -0.15) is 0 Å². The summed E-state index contributed by atoms with van der Waals surface area (Å²) in [7, 11) is 1.70. The first-order valence-electron chi connectivity index (χ1n) is 25.4. The molecule has 352 valence electrons. The lowest BCUT2D eigenvalue weighted by Gasteiger charge is -2.29. The largest absolute Gasteiger partial charge is 0.508 e. The van der Waals surface area contributed by atoms with Crippen molar-refractivity contribution in [2.24, 2.45) is 0 Å². The van der Waals surface area contributed by atoms with Gasteiger partial charge in [-0.1, -0.05) is 149 Å². The van der Waals surface area contributed by atoms with Crippen LogP contribution in [0.1, 0.15) is 233 Å². The Morgan fingerprint density at radius 2 is 1.08 bits per heavy atom. The zero-order chi connectivity index (χ0) is 43.9. The van der Waals surface area contributed by atoms with E-state index < -0.39 is 12.3 Å². The maximum Gasteiger partial charge on any atom is 0.508 e. The molecule has 1 aliphatic carbocycles. The molecule has 0 fully saturated rings. The second-order valence-corrected chi connectivity index (χ2v) is 17.7. The molecule has 60 heavy (non-hydrogen) atoms. The van der Waals surface area contributed by atoms with Crippen molar-refractivity contribution >= 4 is 17.9 Å². The van der Waals surface area contributed by atoms with Crippen molar-refractivity contribution in [3.05, 3.63) is 11.4 Å². The molecule has 0 bridgehead atoms. The van der Waals surface area contributed by atoms with Crippen LogP contribution < -0.4 is 10.6 Å². The van der Waals surface area contributed by atoms with Crippen LogP contribution in [0.4, 0.5) is 4.79 Å². The lowest BCUT2D eigenvalue weighted by Crippen LogP contribution is -2.47. The normalized spacial score (nSPS) is 14.5. The summed E-state index contributed by atoms with van der Waals surface area (Å²) in [4.78, 5) is 39.4. The Kier molecular flexibility index (Phi) is 36.7. The van der Waals surface area contributed by atoms with Crippen LogP contribution in [0.2, 0.25) is 0 Å². The molecular weight excluding hydrogens is 755 g/mol. The number of carbonyl (C=O) groups excluding carboxylic acids is 3. The summed E-state index contributed by atoms with van der Waals surface area (Å²) in [6, 6.07) is 0. The molecule has 10 nitrogen and oxygen atoms in total. The quantitative estimate of drug-likeness (QED) is 0.0403. The molecule has 0 aliphatic heterocycles. The number of unbranched alkanes of at least 4 members (excludes halogenated alkanes) is 22. The van der Waals surface area contributed by atoms with Crippen molar-refractivity contribution in [3.63, 3.8) is 0 Å².